The van der Waals surface area contributed by atoms with Gasteiger partial charge < -0.3 is 24.1 Å². The summed E-state index contributed by atoms with van der Waals surface area (Å²) in [5.41, 5.74) is -3.57. The van der Waals surface area contributed by atoms with Gasteiger partial charge in [-0.3, -0.25) is 9.59 Å². The Morgan fingerprint density at radius 1 is 1.29 bits per heavy atom. The van der Waals surface area contributed by atoms with Gasteiger partial charge in [0.05, 0.1) is 0 Å². The maximum Gasteiger partial charge on any atom is 0.426 e. The van der Waals surface area contributed by atoms with E-state index in [9.17, 15) is 27.9 Å². The summed E-state index contributed by atoms with van der Waals surface area (Å²) in [6, 6.07) is 0. The molecule has 0 spiro atoms. The van der Waals surface area contributed by atoms with Gasteiger partial charge in [0.2, 0.25) is 0 Å². The maximum atomic E-state index is 13.1. The molecular weight excluding hydrogens is 301 g/mol. The van der Waals surface area contributed by atoms with E-state index in [1.54, 1.807) is 0 Å². The number of halogens is 3. The molecule has 7 nitrogen and oxygen atoms in total. The van der Waals surface area contributed by atoms with Crippen molar-refractivity contribution in [3.63, 3.8) is 0 Å². The van der Waals surface area contributed by atoms with Gasteiger partial charge in [-0.25, -0.2) is 0 Å². The molecule has 4 atom stereocenters. The van der Waals surface area contributed by atoms with Gasteiger partial charge in [0, 0.05) is 21.0 Å². The summed E-state index contributed by atoms with van der Waals surface area (Å²) in [6.07, 6.45) is -11.0. The summed E-state index contributed by atoms with van der Waals surface area (Å²) in [5, 5.41) is 9.94. The molecule has 1 fully saturated rings. The van der Waals surface area contributed by atoms with Gasteiger partial charge in [0.15, 0.2) is 12.4 Å². The largest absolute Gasteiger partial charge is 0.463 e. The highest BCUT2D eigenvalue weighted by molar-refractivity contribution is 5.67. The molecule has 1 aliphatic rings. The molecule has 0 aromatic carbocycles. The Morgan fingerprint density at radius 2 is 1.86 bits per heavy atom. The van der Waals surface area contributed by atoms with Gasteiger partial charge in [-0.2, -0.15) is 13.2 Å². The lowest BCUT2D eigenvalue weighted by Crippen LogP contribution is -2.61. The van der Waals surface area contributed by atoms with Crippen LogP contribution in [0.15, 0.2) is 0 Å². The molecule has 1 heterocycles. The first-order chi connectivity index (χ1) is 9.53. The molecule has 0 bridgehead atoms. The number of carbonyl (C=O) groups is 2. The SMILES string of the molecule is COC1OC(COC(C)=O)C(OC(C)=O)C1(O)C(F)(F)F. The summed E-state index contributed by atoms with van der Waals surface area (Å²) < 4.78 is 57.9. The Bertz CT molecular complexity index is 411. The number of ether oxygens (including phenoxy) is 4. The van der Waals surface area contributed by atoms with E-state index in [0.29, 0.717) is 0 Å². The predicted molar refractivity (Wildman–Crippen MR) is 58.9 cm³/mol. The molecule has 10 heteroatoms. The zero-order valence-corrected chi connectivity index (χ0v) is 11.5. The third-order valence-electron chi connectivity index (χ3n) is 2.84. The normalized spacial score (nSPS) is 32.8. The standard InChI is InChI=1S/C11H15F3O7/c1-5(15)19-4-7-8(20-6(2)16)10(17,11(12,13)14)9(18-3)21-7/h7-9,17H,4H2,1-3H3. The maximum absolute atomic E-state index is 13.1. The van der Waals surface area contributed by atoms with Crippen LogP contribution < -0.4 is 0 Å². The molecule has 0 aliphatic carbocycles. The Balaban J connectivity index is 3.11. The lowest BCUT2D eigenvalue weighted by molar-refractivity contribution is -0.326. The Hall–Kier alpha value is -1.39. The molecule has 0 radical (unpaired) electrons. The van der Waals surface area contributed by atoms with Gasteiger partial charge in [0.1, 0.15) is 12.7 Å². The van der Waals surface area contributed by atoms with Gasteiger partial charge in [0.25, 0.3) is 5.60 Å². The van der Waals surface area contributed by atoms with Crippen molar-refractivity contribution in [1.82, 2.24) is 0 Å². The topological polar surface area (TPSA) is 91.3 Å². The number of carbonyl (C=O) groups excluding carboxylic acids is 2. The molecule has 4 unspecified atom stereocenters. The monoisotopic (exact) mass is 316 g/mol. The smallest absolute Gasteiger partial charge is 0.426 e. The van der Waals surface area contributed by atoms with E-state index in [0.717, 1.165) is 21.0 Å². The van der Waals surface area contributed by atoms with E-state index >= 15 is 0 Å². The van der Waals surface area contributed by atoms with Crippen LogP contribution in [0.3, 0.4) is 0 Å². The second-order valence-electron chi connectivity index (χ2n) is 4.40. The average molecular weight is 316 g/mol. The first-order valence-corrected chi connectivity index (χ1v) is 5.82. The summed E-state index contributed by atoms with van der Waals surface area (Å²) in [7, 11) is 0.889. The molecular formula is C11H15F3O7. The zero-order valence-electron chi connectivity index (χ0n) is 11.5. The summed E-state index contributed by atoms with van der Waals surface area (Å²) in [5.74, 6) is -1.83. The number of esters is 2. The molecule has 122 valence electrons. The summed E-state index contributed by atoms with van der Waals surface area (Å²) in [6.45, 7) is 1.28. The van der Waals surface area contributed by atoms with Gasteiger partial charge in [-0.15, -0.1) is 0 Å². The van der Waals surface area contributed by atoms with E-state index < -0.39 is 48.8 Å². The molecule has 1 saturated heterocycles. The predicted octanol–water partition coefficient (Wildman–Crippen LogP) is 0.146. The van der Waals surface area contributed by atoms with Gasteiger partial charge >= 0.3 is 18.1 Å². The van der Waals surface area contributed by atoms with Crippen molar-refractivity contribution < 1.29 is 46.8 Å². The van der Waals surface area contributed by atoms with Crippen LogP contribution in [0.2, 0.25) is 0 Å². The number of methoxy groups -OCH3 is 1. The van der Waals surface area contributed by atoms with Crippen LogP contribution >= 0.6 is 0 Å². The highest BCUT2D eigenvalue weighted by atomic mass is 19.4. The van der Waals surface area contributed by atoms with E-state index in [2.05, 4.69) is 14.2 Å². The van der Waals surface area contributed by atoms with Crippen LogP contribution in [-0.2, 0) is 28.5 Å². The van der Waals surface area contributed by atoms with Crippen LogP contribution in [-0.4, -0.2) is 61.0 Å². The van der Waals surface area contributed by atoms with Crippen LogP contribution in [0.5, 0.6) is 0 Å². The minimum absolute atomic E-state index is 0.633. The Kier molecular flexibility index (Phi) is 5.18. The third-order valence-corrected chi connectivity index (χ3v) is 2.84. The number of alkyl halides is 3. The summed E-state index contributed by atoms with van der Waals surface area (Å²) >= 11 is 0. The average Bonchev–Trinajstić information content (AvgIpc) is 2.60. The molecule has 0 aromatic heterocycles. The third kappa shape index (κ3) is 3.44. The van der Waals surface area contributed by atoms with Crippen molar-refractivity contribution in [3.8, 4) is 0 Å². The lowest BCUT2D eigenvalue weighted by Gasteiger charge is -2.33. The van der Waals surface area contributed by atoms with Crippen molar-refractivity contribution in [3.05, 3.63) is 0 Å². The van der Waals surface area contributed by atoms with Crippen molar-refractivity contribution >= 4 is 11.9 Å². The minimum atomic E-state index is -5.20. The van der Waals surface area contributed by atoms with E-state index in [1.165, 1.54) is 0 Å². The number of aliphatic hydroxyl groups is 1. The van der Waals surface area contributed by atoms with Crippen LogP contribution in [0.4, 0.5) is 13.2 Å². The first-order valence-electron chi connectivity index (χ1n) is 5.82. The fourth-order valence-corrected chi connectivity index (χ4v) is 1.95. The minimum Gasteiger partial charge on any atom is -0.463 e. The van der Waals surface area contributed by atoms with Crippen molar-refractivity contribution in [2.75, 3.05) is 13.7 Å². The molecule has 0 amide bonds. The molecule has 1 aliphatic heterocycles. The van der Waals surface area contributed by atoms with E-state index in [1.807, 2.05) is 0 Å². The van der Waals surface area contributed by atoms with Gasteiger partial charge in [-0.05, 0) is 0 Å². The quantitative estimate of drug-likeness (QED) is 0.738. The van der Waals surface area contributed by atoms with Crippen molar-refractivity contribution in [1.29, 1.82) is 0 Å². The zero-order chi connectivity index (χ0) is 16.4. The van der Waals surface area contributed by atoms with Crippen molar-refractivity contribution in [2.24, 2.45) is 0 Å². The van der Waals surface area contributed by atoms with Crippen LogP contribution in [0, 0.1) is 0 Å². The number of hydrogen-bond acceptors (Lipinski definition) is 7. The number of hydrogen-bond donors (Lipinski definition) is 1. The van der Waals surface area contributed by atoms with Crippen LogP contribution in [0.25, 0.3) is 0 Å². The fourth-order valence-electron chi connectivity index (χ4n) is 1.95. The first kappa shape index (κ1) is 17.7. The molecule has 0 saturated carbocycles. The van der Waals surface area contributed by atoms with E-state index in [4.69, 9.17) is 4.74 Å². The fraction of sp³-hybridized carbons (Fsp3) is 0.818. The lowest BCUT2D eigenvalue weighted by atomic mass is 9.94. The second-order valence-corrected chi connectivity index (χ2v) is 4.40. The molecule has 1 rings (SSSR count). The Labute approximate surface area is 117 Å². The van der Waals surface area contributed by atoms with E-state index in [-0.39, 0.29) is 0 Å². The summed E-state index contributed by atoms with van der Waals surface area (Å²) in [4.78, 5) is 21.7. The number of rotatable bonds is 4. The van der Waals surface area contributed by atoms with Gasteiger partial charge in [-0.1, -0.05) is 0 Å². The van der Waals surface area contributed by atoms with Crippen LogP contribution in [0.1, 0.15) is 13.8 Å². The Morgan fingerprint density at radius 3 is 2.24 bits per heavy atom. The molecule has 21 heavy (non-hydrogen) atoms. The van der Waals surface area contributed by atoms with Crippen molar-refractivity contribution in [2.45, 2.75) is 44.1 Å². The highest BCUT2D eigenvalue weighted by Crippen LogP contribution is 2.45. The highest BCUT2D eigenvalue weighted by Gasteiger charge is 2.72. The second kappa shape index (κ2) is 6.16. The molecule has 1 N–H and O–H groups in total. The molecule has 0 aromatic rings.